The molecule has 1 aliphatic rings. The number of carbonyl (C=O) groups excluding carboxylic acids is 1. The molecular formula is C27H31N3O3. The molecule has 0 aliphatic carbocycles. The number of H-pyrrole nitrogens is 1. The number of hydrogen-bond donors (Lipinski definition) is 1. The Hall–Kier alpha value is -3.25. The predicted octanol–water partition coefficient (Wildman–Crippen LogP) is 5.30. The highest BCUT2D eigenvalue weighted by Gasteiger charge is 2.25. The average molecular weight is 446 g/mol. The van der Waals surface area contributed by atoms with Gasteiger partial charge in [0.2, 0.25) is 0 Å². The Kier molecular flexibility index (Phi) is 6.09. The second-order valence-corrected chi connectivity index (χ2v) is 8.97. The number of nitrogens with zero attached hydrogens (tertiary/aromatic N) is 2. The summed E-state index contributed by atoms with van der Waals surface area (Å²) in [5, 5.41) is 2.14. The SMILES string of the molecule is CCN(CC1CCCN(Cc2cc3ccccc3o2)C1)C(=O)c1cc2cc(OC)ccc2[nH]1. The molecule has 1 atom stereocenters. The lowest BCUT2D eigenvalue weighted by atomic mass is 9.97. The van der Waals surface area contributed by atoms with Crippen molar-refractivity contribution in [1.29, 1.82) is 0 Å². The number of aromatic nitrogens is 1. The van der Waals surface area contributed by atoms with E-state index < -0.39 is 0 Å². The van der Waals surface area contributed by atoms with Gasteiger partial charge in [0, 0.05) is 35.9 Å². The highest BCUT2D eigenvalue weighted by atomic mass is 16.5. The Labute approximate surface area is 194 Å². The Balaban J connectivity index is 1.24. The van der Waals surface area contributed by atoms with Gasteiger partial charge in [0.05, 0.1) is 13.7 Å². The van der Waals surface area contributed by atoms with Crippen molar-refractivity contribution in [3.8, 4) is 5.75 Å². The first-order valence-corrected chi connectivity index (χ1v) is 11.8. The summed E-state index contributed by atoms with van der Waals surface area (Å²) in [6.45, 7) is 6.37. The molecule has 1 aliphatic heterocycles. The summed E-state index contributed by atoms with van der Waals surface area (Å²) in [4.78, 5) is 21.0. The van der Waals surface area contributed by atoms with Crippen LogP contribution in [0.1, 0.15) is 36.0 Å². The number of para-hydroxylation sites is 1. The molecule has 5 rings (SSSR count). The van der Waals surface area contributed by atoms with E-state index in [0.29, 0.717) is 18.2 Å². The van der Waals surface area contributed by atoms with Crippen molar-refractivity contribution in [1.82, 2.24) is 14.8 Å². The van der Waals surface area contributed by atoms with Gasteiger partial charge in [-0.15, -0.1) is 0 Å². The summed E-state index contributed by atoms with van der Waals surface area (Å²) in [7, 11) is 1.65. The molecule has 0 radical (unpaired) electrons. The number of piperidine rings is 1. The van der Waals surface area contributed by atoms with Crippen LogP contribution in [-0.2, 0) is 6.54 Å². The number of amides is 1. The number of hydrogen-bond acceptors (Lipinski definition) is 4. The molecule has 2 aromatic heterocycles. The lowest BCUT2D eigenvalue weighted by Gasteiger charge is -2.35. The first-order valence-electron chi connectivity index (χ1n) is 11.8. The van der Waals surface area contributed by atoms with Crippen LogP contribution in [0.2, 0.25) is 0 Å². The molecule has 0 spiro atoms. The summed E-state index contributed by atoms with van der Waals surface area (Å²) in [5.41, 5.74) is 2.53. The molecule has 2 aromatic carbocycles. The summed E-state index contributed by atoms with van der Waals surface area (Å²) in [5.74, 6) is 2.31. The normalized spacial score (nSPS) is 17.0. The maximum absolute atomic E-state index is 13.3. The number of carbonyl (C=O) groups is 1. The minimum absolute atomic E-state index is 0.0575. The number of rotatable bonds is 7. The third kappa shape index (κ3) is 4.62. The molecule has 3 heterocycles. The van der Waals surface area contributed by atoms with Gasteiger partial charge in [-0.25, -0.2) is 0 Å². The van der Waals surface area contributed by atoms with Gasteiger partial charge in [0.15, 0.2) is 0 Å². The lowest BCUT2D eigenvalue weighted by molar-refractivity contribution is 0.0676. The van der Waals surface area contributed by atoms with E-state index in [1.165, 1.54) is 0 Å². The van der Waals surface area contributed by atoms with Crippen LogP contribution in [0.4, 0.5) is 0 Å². The molecule has 1 saturated heterocycles. The van der Waals surface area contributed by atoms with Crippen LogP contribution in [0.15, 0.2) is 59.0 Å². The molecule has 33 heavy (non-hydrogen) atoms. The number of fused-ring (bicyclic) bond motifs is 2. The molecule has 6 nitrogen and oxygen atoms in total. The van der Waals surface area contributed by atoms with Crippen molar-refractivity contribution in [2.45, 2.75) is 26.3 Å². The minimum Gasteiger partial charge on any atom is -0.497 e. The summed E-state index contributed by atoms with van der Waals surface area (Å²) in [6, 6.07) is 18.0. The van der Waals surface area contributed by atoms with Gasteiger partial charge >= 0.3 is 0 Å². The Morgan fingerprint density at radius 3 is 2.88 bits per heavy atom. The Morgan fingerprint density at radius 2 is 2.06 bits per heavy atom. The number of nitrogens with one attached hydrogen (secondary N) is 1. The van der Waals surface area contributed by atoms with Crippen molar-refractivity contribution in [2.24, 2.45) is 5.92 Å². The van der Waals surface area contributed by atoms with E-state index in [4.69, 9.17) is 9.15 Å². The van der Waals surface area contributed by atoms with Crippen LogP contribution in [0.5, 0.6) is 5.75 Å². The van der Waals surface area contributed by atoms with Gasteiger partial charge in [-0.05, 0) is 68.6 Å². The molecule has 0 saturated carbocycles. The molecule has 1 fully saturated rings. The van der Waals surface area contributed by atoms with E-state index in [-0.39, 0.29) is 5.91 Å². The van der Waals surface area contributed by atoms with Crippen molar-refractivity contribution in [2.75, 3.05) is 33.3 Å². The molecule has 172 valence electrons. The van der Waals surface area contributed by atoms with Gasteiger partial charge in [-0.3, -0.25) is 9.69 Å². The minimum atomic E-state index is 0.0575. The summed E-state index contributed by atoms with van der Waals surface area (Å²) >= 11 is 0. The van der Waals surface area contributed by atoms with Crippen molar-refractivity contribution >= 4 is 27.8 Å². The maximum Gasteiger partial charge on any atom is 0.270 e. The van der Waals surface area contributed by atoms with E-state index in [2.05, 4.69) is 28.9 Å². The Morgan fingerprint density at radius 1 is 1.18 bits per heavy atom. The topological polar surface area (TPSA) is 61.7 Å². The van der Waals surface area contributed by atoms with Crippen LogP contribution in [0.25, 0.3) is 21.9 Å². The largest absolute Gasteiger partial charge is 0.497 e. The van der Waals surface area contributed by atoms with Crippen LogP contribution < -0.4 is 4.74 Å². The zero-order chi connectivity index (χ0) is 22.8. The highest BCUT2D eigenvalue weighted by molar-refractivity contribution is 5.98. The third-order valence-electron chi connectivity index (χ3n) is 6.66. The van der Waals surface area contributed by atoms with Crippen molar-refractivity contribution in [3.05, 3.63) is 66.1 Å². The maximum atomic E-state index is 13.3. The number of ether oxygens (including phenoxy) is 1. The standard InChI is InChI=1S/C27H31N3O3/c1-3-30(27(31)25-15-21-14-22(32-2)10-11-24(21)28-25)17-19-7-6-12-29(16-19)18-23-13-20-8-4-5-9-26(20)33-23/h4-5,8-11,13-15,19,28H,3,6-7,12,16-18H2,1-2H3. The molecule has 1 amide bonds. The second kappa shape index (κ2) is 9.32. The molecule has 1 N–H and O–H groups in total. The fourth-order valence-electron chi connectivity index (χ4n) is 4.97. The van der Waals surface area contributed by atoms with Crippen LogP contribution in [0, 0.1) is 5.92 Å². The third-order valence-corrected chi connectivity index (χ3v) is 6.66. The van der Waals surface area contributed by atoms with Crippen LogP contribution in [0.3, 0.4) is 0 Å². The number of furan rings is 1. The van der Waals surface area contributed by atoms with Crippen molar-refractivity contribution < 1.29 is 13.9 Å². The van der Waals surface area contributed by atoms with Gasteiger partial charge in [-0.2, -0.15) is 0 Å². The summed E-state index contributed by atoms with van der Waals surface area (Å²) < 4.78 is 11.3. The van der Waals surface area contributed by atoms with Gasteiger partial charge in [0.25, 0.3) is 5.91 Å². The molecular weight excluding hydrogens is 414 g/mol. The van der Waals surface area contributed by atoms with E-state index in [1.807, 2.05) is 47.4 Å². The van der Waals surface area contributed by atoms with Gasteiger partial charge in [0.1, 0.15) is 22.8 Å². The molecule has 6 heteroatoms. The van der Waals surface area contributed by atoms with Gasteiger partial charge < -0.3 is 19.0 Å². The first kappa shape index (κ1) is 21.6. The smallest absolute Gasteiger partial charge is 0.270 e. The molecule has 0 bridgehead atoms. The quantitative estimate of drug-likeness (QED) is 0.419. The fourth-order valence-corrected chi connectivity index (χ4v) is 4.97. The fraction of sp³-hybridized carbons (Fsp3) is 0.370. The van der Waals surface area contributed by atoms with E-state index in [1.54, 1.807) is 7.11 Å². The number of likely N-dealkylation sites (tertiary alicyclic amines) is 1. The average Bonchev–Trinajstić information content (AvgIpc) is 3.45. The molecule has 1 unspecified atom stereocenters. The second-order valence-electron chi connectivity index (χ2n) is 8.97. The van der Waals surface area contributed by atoms with Crippen LogP contribution >= 0.6 is 0 Å². The molecule has 4 aromatic rings. The highest BCUT2D eigenvalue weighted by Crippen LogP contribution is 2.25. The monoisotopic (exact) mass is 445 g/mol. The van der Waals surface area contributed by atoms with E-state index in [9.17, 15) is 4.79 Å². The predicted molar refractivity (Wildman–Crippen MR) is 131 cm³/mol. The first-order chi connectivity index (χ1) is 16.1. The number of benzene rings is 2. The van der Waals surface area contributed by atoms with Crippen LogP contribution in [-0.4, -0.2) is 54.0 Å². The number of methoxy groups -OCH3 is 1. The van der Waals surface area contributed by atoms with E-state index in [0.717, 1.165) is 72.4 Å². The van der Waals surface area contributed by atoms with E-state index >= 15 is 0 Å². The summed E-state index contributed by atoms with van der Waals surface area (Å²) in [6.07, 6.45) is 2.28. The van der Waals surface area contributed by atoms with Gasteiger partial charge in [-0.1, -0.05) is 18.2 Å². The zero-order valence-electron chi connectivity index (χ0n) is 19.3. The number of aromatic amines is 1. The Bertz CT molecular complexity index is 1220. The van der Waals surface area contributed by atoms with Crippen molar-refractivity contribution in [3.63, 3.8) is 0 Å². The lowest BCUT2D eigenvalue weighted by Crippen LogP contribution is -2.42. The zero-order valence-corrected chi connectivity index (χ0v) is 19.3.